The molecule has 0 aromatic heterocycles. The monoisotopic (exact) mass is 292 g/mol. The highest BCUT2D eigenvalue weighted by molar-refractivity contribution is 7.89. The van der Waals surface area contributed by atoms with Gasteiger partial charge >= 0.3 is 0 Å². The van der Waals surface area contributed by atoms with Crippen LogP contribution in [0.3, 0.4) is 0 Å². The summed E-state index contributed by atoms with van der Waals surface area (Å²) in [4.78, 5) is 0. The highest BCUT2D eigenvalue weighted by Crippen LogP contribution is 2.18. The van der Waals surface area contributed by atoms with Crippen LogP contribution in [-0.4, -0.2) is 57.9 Å². The molecule has 0 spiro atoms. The zero-order chi connectivity index (χ0) is 14.3. The SMILES string of the molecule is CCC(C)N(CCOC)S(=O)(=O)CC1CCCNC1. The van der Waals surface area contributed by atoms with Gasteiger partial charge in [0.15, 0.2) is 0 Å². The van der Waals surface area contributed by atoms with Crippen molar-refractivity contribution >= 4 is 10.0 Å². The van der Waals surface area contributed by atoms with Crippen LogP contribution in [-0.2, 0) is 14.8 Å². The fraction of sp³-hybridized carbons (Fsp3) is 1.00. The van der Waals surface area contributed by atoms with E-state index in [2.05, 4.69) is 5.32 Å². The van der Waals surface area contributed by atoms with Gasteiger partial charge < -0.3 is 10.1 Å². The molecule has 0 saturated carbocycles. The van der Waals surface area contributed by atoms with Gasteiger partial charge in [0.25, 0.3) is 0 Å². The van der Waals surface area contributed by atoms with E-state index in [0.29, 0.717) is 13.2 Å². The first-order valence-electron chi connectivity index (χ1n) is 7.20. The minimum absolute atomic E-state index is 0.0386. The van der Waals surface area contributed by atoms with E-state index in [4.69, 9.17) is 4.74 Å². The first-order valence-corrected chi connectivity index (χ1v) is 8.81. The topological polar surface area (TPSA) is 58.6 Å². The number of sulfonamides is 1. The molecule has 0 bridgehead atoms. The zero-order valence-corrected chi connectivity index (χ0v) is 13.2. The van der Waals surface area contributed by atoms with Gasteiger partial charge in [-0.3, -0.25) is 0 Å². The summed E-state index contributed by atoms with van der Waals surface area (Å²) in [5.74, 6) is 0.501. The van der Waals surface area contributed by atoms with Gasteiger partial charge in [-0.1, -0.05) is 6.92 Å². The predicted molar refractivity (Wildman–Crippen MR) is 77.7 cm³/mol. The Bertz CT molecular complexity index is 340. The second-order valence-electron chi connectivity index (χ2n) is 5.35. The summed E-state index contributed by atoms with van der Waals surface area (Å²) in [5.41, 5.74) is 0. The van der Waals surface area contributed by atoms with Gasteiger partial charge in [0.05, 0.1) is 12.4 Å². The number of hydrogen-bond donors (Lipinski definition) is 1. The van der Waals surface area contributed by atoms with Crippen LogP contribution in [0.15, 0.2) is 0 Å². The summed E-state index contributed by atoms with van der Waals surface area (Å²) in [6, 6.07) is 0.0386. The Hall–Kier alpha value is -0.170. The summed E-state index contributed by atoms with van der Waals surface area (Å²) >= 11 is 0. The maximum absolute atomic E-state index is 12.5. The Balaban J connectivity index is 2.67. The summed E-state index contributed by atoms with van der Waals surface area (Å²) < 4.78 is 31.7. The van der Waals surface area contributed by atoms with Crippen LogP contribution in [0, 0.1) is 5.92 Å². The van der Waals surface area contributed by atoms with Crippen molar-refractivity contribution in [2.24, 2.45) is 5.92 Å². The maximum atomic E-state index is 12.5. The van der Waals surface area contributed by atoms with Crippen LogP contribution in [0.1, 0.15) is 33.1 Å². The molecule has 19 heavy (non-hydrogen) atoms. The lowest BCUT2D eigenvalue weighted by atomic mass is 10.0. The molecule has 5 nitrogen and oxygen atoms in total. The second-order valence-corrected chi connectivity index (χ2v) is 7.32. The van der Waals surface area contributed by atoms with Crippen molar-refractivity contribution in [3.63, 3.8) is 0 Å². The molecule has 0 aromatic carbocycles. The van der Waals surface area contributed by atoms with Crippen LogP contribution >= 0.6 is 0 Å². The third-order valence-electron chi connectivity index (χ3n) is 3.80. The molecule has 1 N–H and O–H groups in total. The number of rotatable bonds is 8. The molecule has 1 saturated heterocycles. The third-order valence-corrected chi connectivity index (χ3v) is 5.95. The Morgan fingerprint density at radius 2 is 2.21 bits per heavy atom. The van der Waals surface area contributed by atoms with Gasteiger partial charge in [-0.15, -0.1) is 0 Å². The van der Waals surface area contributed by atoms with Crippen molar-refractivity contribution in [1.82, 2.24) is 9.62 Å². The molecule has 2 unspecified atom stereocenters. The molecule has 0 aromatic rings. The molecule has 0 amide bonds. The van der Waals surface area contributed by atoms with Crippen molar-refractivity contribution in [3.8, 4) is 0 Å². The van der Waals surface area contributed by atoms with E-state index < -0.39 is 10.0 Å². The first kappa shape index (κ1) is 16.9. The average molecular weight is 292 g/mol. The van der Waals surface area contributed by atoms with Crippen LogP contribution in [0.2, 0.25) is 0 Å². The number of nitrogens with one attached hydrogen (secondary N) is 1. The number of ether oxygens (including phenoxy) is 1. The van der Waals surface area contributed by atoms with Crippen molar-refractivity contribution in [2.75, 3.05) is 39.1 Å². The molecular formula is C13H28N2O3S. The largest absolute Gasteiger partial charge is 0.383 e. The molecule has 1 rings (SSSR count). The first-order chi connectivity index (χ1) is 9.01. The van der Waals surface area contributed by atoms with Gasteiger partial charge in [0, 0.05) is 19.7 Å². The average Bonchev–Trinajstić information content (AvgIpc) is 2.39. The van der Waals surface area contributed by atoms with Crippen LogP contribution < -0.4 is 5.32 Å². The molecule has 1 heterocycles. The van der Waals surface area contributed by atoms with Crippen molar-refractivity contribution in [1.29, 1.82) is 0 Å². The van der Waals surface area contributed by atoms with E-state index in [1.54, 1.807) is 11.4 Å². The fourth-order valence-electron chi connectivity index (χ4n) is 2.48. The normalized spacial score (nSPS) is 22.6. The minimum Gasteiger partial charge on any atom is -0.383 e. The van der Waals surface area contributed by atoms with E-state index in [0.717, 1.165) is 32.4 Å². The van der Waals surface area contributed by atoms with E-state index in [1.807, 2.05) is 13.8 Å². The van der Waals surface area contributed by atoms with E-state index in [1.165, 1.54) is 0 Å². The van der Waals surface area contributed by atoms with Gasteiger partial charge in [-0.05, 0) is 45.2 Å². The Labute approximate surface area is 117 Å². The molecule has 0 aliphatic carbocycles. The summed E-state index contributed by atoms with van der Waals surface area (Å²) in [6.45, 7) is 6.71. The zero-order valence-electron chi connectivity index (χ0n) is 12.4. The molecule has 114 valence electrons. The quantitative estimate of drug-likeness (QED) is 0.727. The van der Waals surface area contributed by atoms with Gasteiger partial charge in [-0.25, -0.2) is 8.42 Å². The van der Waals surface area contributed by atoms with Crippen molar-refractivity contribution in [2.45, 2.75) is 39.2 Å². The second kappa shape index (κ2) is 8.19. The molecule has 1 fully saturated rings. The number of nitrogens with zero attached hydrogens (tertiary/aromatic N) is 1. The Morgan fingerprint density at radius 3 is 2.74 bits per heavy atom. The molecule has 1 aliphatic heterocycles. The van der Waals surface area contributed by atoms with Crippen LogP contribution in [0.5, 0.6) is 0 Å². The lowest BCUT2D eigenvalue weighted by Gasteiger charge is -2.30. The Morgan fingerprint density at radius 1 is 1.47 bits per heavy atom. The maximum Gasteiger partial charge on any atom is 0.214 e. The van der Waals surface area contributed by atoms with E-state index in [-0.39, 0.29) is 17.7 Å². The predicted octanol–water partition coefficient (Wildman–Crippen LogP) is 1.06. The molecule has 6 heteroatoms. The smallest absolute Gasteiger partial charge is 0.214 e. The highest BCUT2D eigenvalue weighted by atomic mass is 32.2. The van der Waals surface area contributed by atoms with Crippen LogP contribution in [0.4, 0.5) is 0 Å². The summed E-state index contributed by atoms with van der Waals surface area (Å²) in [5, 5.41) is 3.28. The lowest BCUT2D eigenvalue weighted by molar-refractivity contribution is 0.167. The number of hydrogen-bond acceptors (Lipinski definition) is 4. The third kappa shape index (κ3) is 5.38. The van der Waals surface area contributed by atoms with Gasteiger partial charge in [0.2, 0.25) is 10.0 Å². The number of methoxy groups -OCH3 is 1. The lowest BCUT2D eigenvalue weighted by Crippen LogP contribution is -2.44. The summed E-state index contributed by atoms with van der Waals surface area (Å²) in [6.07, 6.45) is 2.90. The van der Waals surface area contributed by atoms with E-state index >= 15 is 0 Å². The summed E-state index contributed by atoms with van der Waals surface area (Å²) in [7, 11) is -1.59. The Kier molecular flexibility index (Phi) is 7.28. The molecule has 1 aliphatic rings. The minimum atomic E-state index is -3.19. The molecular weight excluding hydrogens is 264 g/mol. The van der Waals surface area contributed by atoms with Crippen molar-refractivity contribution in [3.05, 3.63) is 0 Å². The van der Waals surface area contributed by atoms with Crippen molar-refractivity contribution < 1.29 is 13.2 Å². The number of piperidine rings is 1. The molecule has 0 radical (unpaired) electrons. The van der Waals surface area contributed by atoms with Crippen LogP contribution in [0.25, 0.3) is 0 Å². The highest BCUT2D eigenvalue weighted by Gasteiger charge is 2.29. The van der Waals surface area contributed by atoms with E-state index in [9.17, 15) is 8.42 Å². The van der Waals surface area contributed by atoms with Gasteiger partial charge in [-0.2, -0.15) is 4.31 Å². The molecule has 2 atom stereocenters. The standard InChI is InChI=1S/C13H28N2O3S/c1-4-12(2)15(8-9-18-3)19(16,17)11-13-6-5-7-14-10-13/h12-14H,4-11H2,1-3H3. The fourth-order valence-corrected chi connectivity index (χ4v) is 4.60. The van der Waals surface area contributed by atoms with Gasteiger partial charge in [0.1, 0.15) is 0 Å².